The third-order valence-corrected chi connectivity index (χ3v) is 3.78. The lowest BCUT2D eigenvalue weighted by molar-refractivity contribution is 0.0951. The largest absolute Gasteiger partial charge is 0.496 e. The van der Waals surface area contributed by atoms with Gasteiger partial charge in [0.15, 0.2) is 0 Å². The number of carbonyl (C=O) groups excluding carboxylic acids is 1. The second-order valence-corrected chi connectivity index (χ2v) is 6.20. The Hall–Kier alpha value is -2.01. The van der Waals surface area contributed by atoms with Crippen LogP contribution >= 0.6 is 15.9 Å². The van der Waals surface area contributed by atoms with Crippen LogP contribution in [0.3, 0.4) is 0 Å². The molecule has 0 aliphatic carbocycles. The van der Waals surface area contributed by atoms with Gasteiger partial charge in [-0.2, -0.15) is 0 Å². The number of nitrogens with one attached hydrogen (secondary N) is 1. The first-order valence-corrected chi connectivity index (χ1v) is 8.16. The summed E-state index contributed by atoms with van der Waals surface area (Å²) in [6.07, 6.45) is 0.147. The highest BCUT2D eigenvalue weighted by Gasteiger charge is 2.08. The van der Waals surface area contributed by atoms with Crippen molar-refractivity contribution in [3.63, 3.8) is 0 Å². The first-order chi connectivity index (χ1) is 11.0. The summed E-state index contributed by atoms with van der Waals surface area (Å²) in [4.78, 5) is 12.2. The maximum Gasteiger partial charge on any atom is 0.251 e. The van der Waals surface area contributed by atoms with Crippen molar-refractivity contribution < 1.29 is 14.3 Å². The number of benzene rings is 2. The Kier molecular flexibility index (Phi) is 6.04. The second-order valence-electron chi connectivity index (χ2n) is 5.34. The van der Waals surface area contributed by atoms with Crippen LogP contribution in [0.4, 0.5) is 0 Å². The van der Waals surface area contributed by atoms with E-state index >= 15 is 0 Å². The van der Waals surface area contributed by atoms with Gasteiger partial charge in [0, 0.05) is 12.1 Å². The average Bonchev–Trinajstić information content (AvgIpc) is 2.53. The maximum absolute atomic E-state index is 12.2. The van der Waals surface area contributed by atoms with Crippen LogP contribution in [0.25, 0.3) is 0 Å². The SMILES string of the molecule is COc1ccc(C(=O)NCc2ccc(OC(C)C)cc2)cc1Br. The van der Waals surface area contributed by atoms with Crippen LogP contribution in [0.15, 0.2) is 46.9 Å². The van der Waals surface area contributed by atoms with Crippen molar-refractivity contribution in [2.75, 3.05) is 7.11 Å². The van der Waals surface area contributed by atoms with Gasteiger partial charge in [0.1, 0.15) is 11.5 Å². The first-order valence-electron chi connectivity index (χ1n) is 7.37. The molecule has 2 rings (SSSR count). The van der Waals surface area contributed by atoms with Gasteiger partial charge in [0.25, 0.3) is 5.91 Å². The van der Waals surface area contributed by atoms with Crippen molar-refractivity contribution >= 4 is 21.8 Å². The molecule has 2 aromatic carbocycles. The molecule has 0 aliphatic rings. The molecule has 0 fully saturated rings. The zero-order valence-electron chi connectivity index (χ0n) is 13.4. The molecule has 0 radical (unpaired) electrons. The molecule has 4 nitrogen and oxygen atoms in total. The lowest BCUT2D eigenvalue weighted by atomic mass is 10.2. The molecule has 1 N–H and O–H groups in total. The van der Waals surface area contributed by atoms with E-state index in [9.17, 15) is 4.79 Å². The number of amides is 1. The molecule has 122 valence electrons. The summed E-state index contributed by atoms with van der Waals surface area (Å²) in [7, 11) is 1.59. The van der Waals surface area contributed by atoms with Gasteiger partial charge in [0.05, 0.1) is 17.7 Å². The standard InChI is InChI=1S/C18H20BrNO3/c1-12(2)23-15-7-4-13(5-8-15)11-20-18(21)14-6-9-17(22-3)16(19)10-14/h4-10,12H,11H2,1-3H3,(H,20,21). The number of ether oxygens (including phenoxy) is 2. The van der Waals surface area contributed by atoms with Gasteiger partial charge in [-0.15, -0.1) is 0 Å². The summed E-state index contributed by atoms with van der Waals surface area (Å²) in [5.74, 6) is 1.40. The van der Waals surface area contributed by atoms with Gasteiger partial charge in [-0.05, 0) is 65.7 Å². The predicted molar refractivity (Wildman–Crippen MR) is 94.1 cm³/mol. The summed E-state index contributed by atoms with van der Waals surface area (Å²) >= 11 is 3.38. The molecule has 0 spiro atoms. The Balaban J connectivity index is 1.95. The van der Waals surface area contributed by atoms with E-state index in [1.54, 1.807) is 25.3 Å². The van der Waals surface area contributed by atoms with Crippen LogP contribution in [0, 0.1) is 0 Å². The number of halogens is 1. The van der Waals surface area contributed by atoms with E-state index in [2.05, 4.69) is 21.2 Å². The smallest absolute Gasteiger partial charge is 0.251 e. The molecule has 0 aromatic heterocycles. The van der Waals surface area contributed by atoms with Gasteiger partial charge in [-0.25, -0.2) is 0 Å². The van der Waals surface area contributed by atoms with E-state index < -0.39 is 0 Å². The Morgan fingerprint density at radius 1 is 1.17 bits per heavy atom. The lowest BCUT2D eigenvalue weighted by Gasteiger charge is -2.11. The molecule has 0 bridgehead atoms. The molecule has 23 heavy (non-hydrogen) atoms. The molecule has 0 aliphatic heterocycles. The normalized spacial score (nSPS) is 10.5. The van der Waals surface area contributed by atoms with E-state index in [1.807, 2.05) is 38.1 Å². The van der Waals surface area contributed by atoms with Gasteiger partial charge in [0.2, 0.25) is 0 Å². The van der Waals surface area contributed by atoms with Crippen molar-refractivity contribution in [2.45, 2.75) is 26.5 Å². The van der Waals surface area contributed by atoms with Crippen molar-refractivity contribution in [1.29, 1.82) is 0 Å². The molecule has 0 heterocycles. The number of hydrogen-bond acceptors (Lipinski definition) is 3. The fraction of sp³-hybridized carbons (Fsp3) is 0.278. The minimum Gasteiger partial charge on any atom is -0.496 e. The van der Waals surface area contributed by atoms with Crippen LogP contribution < -0.4 is 14.8 Å². The molecule has 2 aromatic rings. The van der Waals surface area contributed by atoms with E-state index in [0.717, 1.165) is 15.8 Å². The van der Waals surface area contributed by atoms with Crippen molar-refractivity contribution in [3.8, 4) is 11.5 Å². The van der Waals surface area contributed by atoms with Gasteiger partial charge < -0.3 is 14.8 Å². The molecule has 0 saturated carbocycles. The van der Waals surface area contributed by atoms with E-state index in [-0.39, 0.29) is 12.0 Å². The van der Waals surface area contributed by atoms with E-state index in [0.29, 0.717) is 17.9 Å². The van der Waals surface area contributed by atoms with E-state index in [1.165, 1.54) is 0 Å². The summed E-state index contributed by atoms with van der Waals surface area (Å²) in [5, 5.41) is 2.90. The summed E-state index contributed by atoms with van der Waals surface area (Å²) in [5.41, 5.74) is 1.60. The van der Waals surface area contributed by atoms with Crippen LogP contribution in [0.2, 0.25) is 0 Å². The predicted octanol–water partition coefficient (Wildman–Crippen LogP) is 4.17. The highest BCUT2D eigenvalue weighted by atomic mass is 79.9. The molecular formula is C18H20BrNO3. The summed E-state index contributed by atoms with van der Waals surface area (Å²) in [6.45, 7) is 4.44. The second kappa shape index (κ2) is 8.02. The van der Waals surface area contributed by atoms with Crippen molar-refractivity contribution in [2.24, 2.45) is 0 Å². The van der Waals surface area contributed by atoms with Gasteiger partial charge in [-0.3, -0.25) is 4.79 Å². The maximum atomic E-state index is 12.2. The number of hydrogen-bond donors (Lipinski definition) is 1. The van der Waals surface area contributed by atoms with Crippen molar-refractivity contribution in [1.82, 2.24) is 5.32 Å². The molecule has 5 heteroatoms. The molecule has 1 amide bonds. The molecule has 0 saturated heterocycles. The monoisotopic (exact) mass is 377 g/mol. The third kappa shape index (κ3) is 4.99. The number of methoxy groups -OCH3 is 1. The van der Waals surface area contributed by atoms with E-state index in [4.69, 9.17) is 9.47 Å². The van der Waals surface area contributed by atoms with Crippen LogP contribution in [-0.4, -0.2) is 19.1 Å². The Bertz CT molecular complexity index is 668. The lowest BCUT2D eigenvalue weighted by Crippen LogP contribution is -2.22. The average molecular weight is 378 g/mol. The Labute approximate surface area is 144 Å². The topological polar surface area (TPSA) is 47.6 Å². The van der Waals surface area contributed by atoms with Crippen LogP contribution in [0.5, 0.6) is 11.5 Å². The summed E-state index contributed by atoms with van der Waals surface area (Å²) < 4.78 is 11.5. The zero-order chi connectivity index (χ0) is 16.8. The first kappa shape index (κ1) is 17.3. The number of carbonyl (C=O) groups is 1. The highest BCUT2D eigenvalue weighted by Crippen LogP contribution is 2.25. The minimum absolute atomic E-state index is 0.129. The third-order valence-electron chi connectivity index (χ3n) is 3.16. The molecule has 0 unspecified atom stereocenters. The van der Waals surface area contributed by atoms with Gasteiger partial charge in [-0.1, -0.05) is 12.1 Å². The van der Waals surface area contributed by atoms with Gasteiger partial charge >= 0.3 is 0 Å². The van der Waals surface area contributed by atoms with Crippen LogP contribution in [0.1, 0.15) is 29.8 Å². The minimum atomic E-state index is -0.129. The van der Waals surface area contributed by atoms with Crippen LogP contribution in [-0.2, 0) is 6.54 Å². The Morgan fingerprint density at radius 3 is 2.43 bits per heavy atom. The fourth-order valence-corrected chi connectivity index (χ4v) is 2.59. The quantitative estimate of drug-likeness (QED) is 0.821. The number of rotatable bonds is 6. The zero-order valence-corrected chi connectivity index (χ0v) is 15.0. The highest BCUT2D eigenvalue weighted by molar-refractivity contribution is 9.10. The van der Waals surface area contributed by atoms with Crippen molar-refractivity contribution in [3.05, 3.63) is 58.1 Å². The molecular weight excluding hydrogens is 358 g/mol. The Morgan fingerprint density at radius 2 is 1.87 bits per heavy atom. The molecule has 0 atom stereocenters. The summed E-state index contributed by atoms with van der Waals surface area (Å²) in [6, 6.07) is 12.9. The fourth-order valence-electron chi connectivity index (χ4n) is 2.05.